The van der Waals surface area contributed by atoms with Gasteiger partial charge in [-0.15, -0.1) is 0 Å². The molecule has 1 atom stereocenters. The van der Waals surface area contributed by atoms with Gasteiger partial charge in [-0.05, 0) is 25.2 Å². The summed E-state index contributed by atoms with van der Waals surface area (Å²) < 4.78 is 0. The molecule has 0 amide bonds. The lowest BCUT2D eigenvalue weighted by atomic mass is 9.97. The van der Waals surface area contributed by atoms with Gasteiger partial charge in [0.2, 0.25) is 0 Å². The minimum Gasteiger partial charge on any atom is -0.396 e. The molecule has 2 heteroatoms. The molecule has 0 bridgehead atoms. The van der Waals surface area contributed by atoms with Crippen LogP contribution in [0.15, 0.2) is 0 Å². The molecule has 2 nitrogen and oxygen atoms in total. The highest BCUT2D eigenvalue weighted by Gasteiger charge is 2.04. The summed E-state index contributed by atoms with van der Waals surface area (Å²) in [4.78, 5) is 0. The summed E-state index contributed by atoms with van der Waals surface area (Å²) in [5.74, 6) is 0.494. The second-order valence-corrected chi connectivity index (χ2v) is 3.41. The number of unbranched alkanes of at least 4 members (excludes halogenated alkanes) is 2. The number of rotatable bonds is 8. The molecule has 74 valence electrons. The van der Waals surface area contributed by atoms with Crippen LogP contribution in [0.25, 0.3) is 0 Å². The molecule has 0 aliphatic heterocycles. The zero-order valence-corrected chi connectivity index (χ0v) is 8.13. The number of hydrogen-bond acceptors (Lipinski definition) is 2. The second kappa shape index (κ2) is 9.01. The van der Waals surface area contributed by atoms with Crippen molar-refractivity contribution >= 4 is 0 Å². The van der Waals surface area contributed by atoms with Crippen molar-refractivity contribution in [3.8, 4) is 0 Å². The Kier molecular flexibility index (Phi) is 8.95. The molecular weight excluding hydrogens is 152 g/mol. The molecule has 0 heterocycles. The minimum atomic E-state index is 0.303. The van der Waals surface area contributed by atoms with Crippen molar-refractivity contribution in [3.63, 3.8) is 0 Å². The van der Waals surface area contributed by atoms with Crippen LogP contribution in [0.1, 0.15) is 45.4 Å². The fraction of sp³-hybridized carbons (Fsp3) is 1.00. The third kappa shape index (κ3) is 6.62. The lowest BCUT2D eigenvalue weighted by molar-refractivity contribution is 0.205. The summed E-state index contributed by atoms with van der Waals surface area (Å²) in [5.41, 5.74) is 0. The van der Waals surface area contributed by atoms with E-state index < -0.39 is 0 Å². The molecular formula is C10H22O2. The van der Waals surface area contributed by atoms with Gasteiger partial charge in [-0.2, -0.15) is 0 Å². The fourth-order valence-electron chi connectivity index (χ4n) is 1.46. The predicted octanol–water partition coefficient (Wildman–Crippen LogP) is 1.95. The van der Waals surface area contributed by atoms with E-state index in [0.29, 0.717) is 19.1 Å². The van der Waals surface area contributed by atoms with Gasteiger partial charge in [0, 0.05) is 13.2 Å². The molecule has 0 aromatic carbocycles. The first-order valence-electron chi connectivity index (χ1n) is 5.06. The lowest BCUT2D eigenvalue weighted by Gasteiger charge is -2.11. The van der Waals surface area contributed by atoms with Gasteiger partial charge < -0.3 is 10.2 Å². The average molecular weight is 174 g/mol. The Morgan fingerprint density at radius 2 is 1.75 bits per heavy atom. The van der Waals surface area contributed by atoms with Gasteiger partial charge in [-0.1, -0.05) is 26.2 Å². The van der Waals surface area contributed by atoms with E-state index in [9.17, 15) is 0 Å². The van der Waals surface area contributed by atoms with Crippen LogP contribution in [0.4, 0.5) is 0 Å². The van der Waals surface area contributed by atoms with Crippen molar-refractivity contribution < 1.29 is 10.2 Å². The predicted molar refractivity (Wildman–Crippen MR) is 51.0 cm³/mol. The summed E-state index contributed by atoms with van der Waals surface area (Å²) >= 11 is 0. The van der Waals surface area contributed by atoms with E-state index in [0.717, 1.165) is 38.5 Å². The molecule has 0 aliphatic rings. The summed E-state index contributed by atoms with van der Waals surface area (Å²) in [6.45, 7) is 2.78. The zero-order chi connectivity index (χ0) is 9.23. The van der Waals surface area contributed by atoms with Crippen molar-refractivity contribution in [3.05, 3.63) is 0 Å². The maximum Gasteiger partial charge on any atom is 0.0459 e. The smallest absolute Gasteiger partial charge is 0.0459 e. The summed E-state index contributed by atoms with van der Waals surface area (Å²) in [7, 11) is 0. The molecule has 2 N–H and O–H groups in total. The van der Waals surface area contributed by atoms with Crippen LogP contribution in [0.5, 0.6) is 0 Å². The largest absolute Gasteiger partial charge is 0.396 e. The topological polar surface area (TPSA) is 40.5 Å². The van der Waals surface area contributed by atoms with Gasteiger partial charge in [0.05, 0.1) is 0 Å². The standard InChI is InChI=1S/C10H22O2/c1-2-6-10(9-12)7-4-3-5-8-11/h10-12H,2-9H2,1H3/t10-/m1/s1. The third-order valence-corrected chi connectivity index (χ3v) is 2.23. The fourth-order valence-corrected chi connectivity index (χ4v) is 1.46. The Bertz CT molecular complexity index is 83.9. The van der Waals surface area contributed by atoms with Crippen LogP contribution < -0.4 is 0 Å². The third-order valence-electron chi connectivity index (χ3n) is 2.23. The minimum absolute atomic E-state index is 0.303. The Morgan fingerprint density at radius 1 is 1.00 bits per heavy atom. The first-order chi connectivity index (χ1) is 5.85. The van der Waals surface area contributed by atoms with Crippen molar-refractivity contribution in [1.29, 1.82) is 0 Å². The van der Waals surface area contributed by atoms with Crippen molar-refractivity contribution in [2.75, 3.05) is 13.2 Å². The molecule has 12 heavy (non-hydrogen) atoms. The molecule has 0 saturated carbocycles. The quantitative estimate of drug-likeness (QED) is 0.552. The summed E-state index contributed by atoms with van der Waals surface area (Å²) in [5, 5.41) is 17.5. The number of hydrogen-bond donors (Lipinski definition) is 2. The molecule has 0 spiro atoms. The molecule has 0 rings (SSSR count). The van der Waals surface area contributed by atoms with Crippen molar-refractivity contribution in [2.45, 2.75) is 45.4 Å². The maximum absolute atomic E-state index is 8.96. The van der Waals surface area contributed by atoms with Crippen LogP contribution >= 0.6 is 0 Å². The molecule has 0 aromatic rings. The van der Waals surface area contributed by atoms with Crippen LogP contribution in [0.2, 0.25) is 0 Å². The van der Waals surface area contributed by atoms with Crippen LogP contribution in [-0.2, 0) is 0 Å². The van der Waals surface area contributed by atoms with Gasteiger partial charge in [-0.3, -0.25) is 0 Å². The van der Waals surface area contributed by atoms with E-state index in [1.807, 2.05) is 0 Å². The second-order valence-electron chi connectivity index (χ2n) is 3.41. The molecule has 0 aliphatic carbocycles. The highest BCUT2D eigenvalue weighted by atomic mass is 16.3. The molecule has 0 radical (unpaired) electrons. The summed E-state index contributed by atoms with van der Waals surface area (Å²) in [6, 6.07) is 0. The van der Waals surface area contributed by atoms with Gasteiger partial charge in [-0.25, -0.2) is 0 Å². The Morgan fingerprint density at radius 3 is 2.25 bits per heavy atom. The van der Waals surface area contributed by atoms with Crippen LogP contribution in [-0.4, -0.2) is 23.4 Å². The highest BCUT2D eigenvalue weighted by Crippen LogP contribution is 2.14. The first kappa shape index (κ1) is 11.9. The molecule has 0 saturated heterocycles. The van der Waals surface area contributed by atoms with Crippen LogP contribution in [0, 0.1) is 5.92 Å². The number of aliphatic hydroxyl groups is 2. The van der Waals surface area contributed by atoms with Gasteiger partial charge in [0.1, 0.15) is 0 Å². The van der Waals surface area contributed by atoms with Crippen molar-refractivity contribution in [2.24, 2.45) is 5.92 Å². The normalized spacial score (nSPS) is 13.2. The lowest BCUT2D eigenvalue weighted by Crippen LogP contribution is -2.05. The van der Waals surface area contributed by atoms with E-state index in [4.69, 9.17) is 10.2 Å². The van der Waals surface area contributed by atoms with E-state index in [-0.39, 0.29) is 0 Å². The van der Waals surface area contributed by atoms with E-state index in [2.05, 4.69) is 6.92 Å². The van der Waals surface area contributed by atoms with Gasteiger partial charge in [0.25, 0.3) is 0 Å². The zero-order valence-electron chi connectivity index (χ0n) is 8.13. The SMILES string of the molecule is CCC[C@@H](CO)CCCCCO. The van der Waals surface area contributed by atoms with Crippen LogP contribution in [0.3, 0.4) is 0 Å². The molecule has 0 unspecified atom stereocenters. The van der Waals surface area contributed by atoms with Crippen molar-refractivity contribution in [1.82, 2.24) is 0 Å². The molecule has 0 fully saturated rings. The van der Waals surface area contributed by atoms with E-state index in [1.165, 1.54) is 0 Å². The average Bonchev–Trinajstić information content (AvgIpc) is 2.10. The Hall–Kier alpha value is -0.0800. The summed E-state index contributed by atoms with van der Waals surface area (Å²) in [6.07, 6.45) is 6.55. The van der Waals surface area contributed by atoms with E-state index in [1.54, 1.807) is 0 Å². The molecule has 0 aromatic heterocycles. The van der Waals surface area contributed by atoms with Gasteiger partial charge in [0.15, 0.2) is 0 Å². The Balaban J connectivity index is 3.19. The first-order valence-corrected chi connectivity index (χ1v) is 5.06. The van der Waals surface area contributed by atoms with Gasteiger partial charge >= 0.3 is 0 Å². The highest BCUT2D eigenvalue weighted by molar-refractivity contribution is 4.57. The van der Waals surface area contributed by atoms with E-state index >= 15 is 0 Å². The maximum atomic E-state index is 8.96. The number of aliphatic hydroxyl groups excluding tert-OH is 2. The monoisotopic (exact) mass is 174 g/mol. The Labute approximate surface area is 75.6 Å².